The number of thiazole rings is 1. The third kappa shape index (κ3) is 4.07. The molecule has 1 rings (SSSR count). The molecule has 0 saturated carbocycles. The van der Waals surface area contributed by atoms with Crippen LogP contribution in [0.2, 0.25) is 0 Å². The monoisotopic (exact) mass is 276 g/mol. The fourth-order valence-corrected chi connectivity index (χ4v) is 2.15. The summed E-state index contributed by atoms with van der Waals surface area (Å²) < 4.78 is 0. The standard InChI is InChI=1S/C10H17BrN2S/c1-10(2,6-11)7-13(3)4-9-5-14-8-12-9/h5,8H,4,6-7H2,1-3H3. The van der Waals surface area contributed by atoms with Gasteiger partial charge in [-0.3, -0.25) is 4.90 Å². The van der Waals surface area contributed by atoms with Gasteiger partial charge in [0, 0.05) is 23.8 Å². The summed E-state index contributed by atoms with van der Waals surface area (Å²) in [5, 5.41) is 3.14. The molecule has 0 radical (unpaired) electrons. The Morgan fingerprint density at radius 1 is 1.57 bits per heavy atom. The second kappa shape index (κ2) is 5.24. The largest absolute Gasteiger partial charge is 0.300 e. The van der Waals surface area contributed by atoms with E-state index >= 15 is 0 Å². The van der Waals surface area contributed by atoms with Gasteiger partial charge in [0.1, 0.15) is 0 Å². The summed E-state index contributed by atoms with van der Waals surface area (Å²) >= 11 is 5.20. The van der Waals surface area contributed by atoms with Crippen molar-refractivity contribution < 1.29 is 0 Å². The van der Waals surface area contributed by atoms with Crippen LogP contribution in [0.5, 0.6) is 0 Å². The van der Waals surface area contributed by atoms with Crippen molar-refractivity contribution in [3.63, 3.8) is 0 Å². The number of halogens is 1. The minimum Gasteiger partial charge on any atom is -0.300 e. The Bertz CT molecular complexity index is 259. The summed E-state index contributed by atoms with van der Waals surface area (Å²) in [4.78, 5) is 6.59. The maximum atomic E-state index is 4.28. The Hall–Kier alpha value is 0.0700. The average molecular weight is 277 g/mol. The lowest BCUT2D eigenvalue weighted by atomic mass is 9.96. The maximum Gasteiger partial charge on any atom is 0.0795 e. The molecule has 0 unspecified atom stereocenters. The fourth-order valence-electron chi connectivity index (χ4n) is 1.42. The molecule has 1 heterocycles. The molecule has 0 aromatic carbocycles. The summed E-state index contributed by atoms with van der Waals surface area (Å²) in [6, 6.07) is 0. The van der Waals surface area contributed by atoms with Gasteiger partial charge >= 0.3 is 0 Å². The molecule has 0 N–H and O–H groups in total. The van der Waals surface area contributed by atoms with E-state index in [1.807, 2.05) is 5.51 Å². The van der Waals surface area contributed by atoms with Crippen LogP contribution in [-0.2, 0) is 6.54 Å². The summed E-state index contributed by atoms with van der Waals surface area (Å²) in [5.74, 6) is 0. The van der Waals surface area contributed by atoms with Gasteiger partial charge in [0.15, 0.2) is 0 Å². The van der Waals surface area contributed by atoms with Gasteiger partial charge in [-0.2, -0.15) is 0 Å². The Kier molecular flexibility index (Phi) is 4.54. The van der Waals surface area contributed by atoms with E-state index < -0.39 is 0 Å². The molecule has 1 aromatic rings. The first-order chi connectivity index (χ1) is 6.53. The Morgan fingerprint density at radius 3 is 2.79 bits per heavy atom. The van der Waals surface area contributed by atoms with Crippen LogP contribution in [0.15, 0.2) is 10.9 Å². The van der Waals surface area contributed by atoms with Crippen molar-refractivity contribution in [1.29, 1.82) is 0 Å². The molecule has 2 nitrogen and oxygen atoms in total. The van der Waals surface area contributed by atoms with Gasteiger partial charge in [-0.25, -0.2) is 4.98 Å². The first-order valence-corrected chi connectivity index (χ1v) is 6.71. The van der Waals surface area contributed by atoms with Crippen LogP contribution in [0.25, 0.3) is 0 Å². The van der Waals surface area contributed by atoms with Crippen LogP contribution < -0.4 is 0 Å². The predicted molar refractivity (Wildman–Crippen MR) is 66.0 cm³/mol. The quantitative estimate of drug-likeness (QED) is 0.769. The number of aromatic nitrogens is 1. The van der Waals surface area contributed by atoms with Gasteiger partial charge in [-0.1, -0.05) is 29.8 Å². The molecule has 0 atom stereocenters. The van der Waals surface area contributed by atoms with Gasteiger partial charge in [0.25, 0.3) is 0 Å². The van der Waals surface area contributed by atoms with Crippen molar-refractivity contribution >= 4 is 27.3 Å². The zero-order chi connectivity index (χ0) is 10.6. The third-order valence-corrected chi connectivity index (χ3v) is 4.13. The van der Waals surface area contributed by atoms with Crippen molar-refractivity contribution in [2.75, 3.05) is 18.9 Å². The number of nitrogens with zero attached hydrogens (tertiary/aromatic N) is 2. The van der Waals surface area contributed by atoms with E-state index in [0.29, 0.717) is 5.41 Å². The molecular weight excluding hydrogens is 260 g/mol. The van der Waals surface area contributed by atoms with Crippen molar-refractivity contribution in [1.82, 2.24) is 9.88 Å². The van der Waals surface area contributed by atoms with E-state index in [0.717, 1.165) is 18.4 Å². The number of hydrogen-bond donors (Lipinski definition) is 0. The average Bonchev–Trinajstić information content (AvgIpc) is 2.55. The molecule has 0 bridgehead atoms. The van der Waals surface area contributed by atoms with Gasteiger partial charge in [-0.05, 0) is 12.5 Å². The SMILES string of the molecule is CN(Cc1cscn1)CC(C)(C)CBr. The van der Waals surface area contributed by atoms with E-state index in [1.54, 1.807) is 11.3 Å². The lowest BCUT2D eigenvalue weighted by Gasteiger charge is -2.27. The van der Waals surface area contributed by atoms with Crippen molar-refractivity contribution in [3.05, 3.63) is 16.6 Å². The van der Waals surface area contributed by atoms with Crippen LogP contribution >= 0.6 is 27.3 Å². The molecule has 14 heavy (non-hydrogen) atoms. The van der Waals surface area contributed by atoms with Crippen LogP contribution in [0.3, 0.4) is 0 Å². The Balaban J connectivity index is 2.40. The minimum atomic E-state index is 0.324. The molecule has 0 fully saturated rings. The second-order valence-corrected chi connectivity index (χ2v) is 5.73. The zero-order valence-corrected chi connectivity index (χ0v) is 11.4. The smallest absolute Gasteiger partial charge is 0.0795 e. The normalized spacial score (nSPS) is 12.4. The van der Waals surface area contributed by atoms with Gasteiger partial charge in [-0.15, -0.1) is 11.3 Å². The second-order valence-electron chi connectivity index (χ2n) is 4.45. The first-order valence-electron chi connectivity index (χ1n) is 4.65. The van der Waals surface area contributed by atoms with Gasteiger partial charge in [0.05, 0.1) is 11.2 Å². The van der Waals surface area contributed by atoms with Crippen LogP contribution in [0.1, 0.15) is 19.5 Å². The molecule has 4 heteroatoms. The summed E-state index contributed by atoms with van der Waals surface area (Å²) in [5.41, 5.74) is 3.38. The fraction of sp³-hybridized carbons (Fsp3) is 0.700. The van der Waals surface area contributed by atoms with Crippen LogP contribution in [0, 0.1) is 5.41 Å². The topological polar surface area (TPSA) is 16.1 Å². The highest BCUT2D eigenvalue weighted by molar-refractivity contribution is 9.09. The first kappa shape index (κ1) is 12.1. The van der Waals surface area contributed by atoms with Crippen molar-refractivity contribution in [2.45, 2.75) is 20.4 Å². The molecule has 0 spiro atoms. The van der Waals surface area contributed by atoms with Gasteiger partial charge in [0.2, 0.25) is 0 Å². The summed E-state index contributed by atoms with van der Waals surface area (Å²) in [6.45, 7) is 6.55. The molecular formula is C10H17BrN2S. The summed E-state index contributed by atoms with van der Waals surface area (Å²) in [7, 11) is 2.14. The molecule has 0 aliphatic heterocycles. The Morgan fingerprint density at radius 2 is 2.29 bits per heavy atom. The van der Waals surface area contributed by atoms with Crippen molar-refractivity contribution in [2.24, 2.45) is 5.41 Å². The lowest BCUT2D eigenvalue weighted by Crippen LogP contribution is -2.32. The minimum absolute atomic E-state index is 0.324. The van der Waals surface area contributed by atoms with Crippen LogP contribution in [0.4, 0.5) is 0 Å². The number of hydrogen-bond acceptors (Lipinski definition) is 3. The molecule has 0 amide bonds. The zero-order valence-electron chi connectivity index (χ0n) is 8.96. The lowest BCUT2D eigenvalue weighted by molar-refractivity contribution is 0.224. The van der Waals surface area contributed by atoms with E-state index in [1.165, 1.54) is 5.69 Å². The molecule has 0 aliphatic rings. The van der Waals surface area contributed by atoms with E-state index in [9.17, 15) is 0 Å². The highest BCUT2D eigenvalue weighted by atomic mass is 79.9. The molecule has 80 valence electrons. The number of rotatable bonds is 5. The Labute approximate surface area is 98.5 Å². The van der Waals surface area contributed by atoms with Crippen LogP contribution in [-0.4, -0.2) is 28.8 Å². The molecule has 0 aliphatic carbocycles. The summed E-state index contributed by atoms with van der Waals surface area (Å²) in [6.07, 6.45) is 0. The maximum absolute atomic E-state index is 4.28. The van der Waals surface area contributed by atoms with E-state index in [4.69, 9.17) is 0 Å². The van der Waals surface area contributed by atoms with Crippen molar-refractivity contribution in [3.8, 4) is 0 Å². The molecule has 1 aromatic heterocycles. The van der Waals surface area contributed by atoms with Gasteiger partial charge < -0.3 is 0 Å². The van der Waals surface area contributed by atoms with E-state index in [2.05, 4.69) is 52.1 Å². The van der Waals surface area contributed by atoms with E-state index in [-0.39, 0.29) is 0 Å². The predicted octanol–water partition coefficient (Wildman–Crippen LogP) is 3.00. The number of alkyl halides is 1. The highest BCUT2D eigenvalue weighted by Gasteiger charge is 2.18. The highest BCUT2D eigenvalue weighted by Crippen LogP contribution is 2.19. The third-order valence-electron chi connectivity index (χ3n) is 1.98. The molecule has 0 saturated heterocycles.